The van der Waals surface area contributed by atoms with Crippen molar-refractivity contribution in [2.45, 2.75) is 51.1 Å². The topological polar surface area (TPSA) is 35.5 Å². The number of ether oxygens (including phenoxy) is 2. The largest absolute Gasteiger partial charge is 0.344 e. The summed E-state index contributed by atoms with van der Waals surface area (Å²) in [5.41, 5.74) is 0. The number of ketones is 1. The first-order valence-corrected chi connectivity index (χ1v) is 4.50. The van der Waals surface area contributed by atoms with Crippen LogP contribution in [0.5, 0.6) is 0 Å². The van der Waals surface area contributed by atoms with Gasteiger partial charge in [0, 0.05) is 6.42 Å². The molecule has 0 spiro atoms. The highest BCUT2D eigenvalue weighted by atomic mass is 16.8. The molecule has 2 fully saturated rings. The molecule has 2 aliphatic rings. The summed E-state index contributed by atoms with van der Waals surface area (Å²) in [6.07, 6.45) is 2.02. The van der Waals surface area contributed by atoms with Crippen molar-refractivity contribution in [3.63, 3.8) is 0 Å². The van der Waals surface area contributed by atoms with Gasteiger partial charge in [0.1, 0.15) is 5.78 Å². The van der Waals surface area contributed by atoms with E-state index in [1.165, 1.54) is 0 Å². The van der Waals surface area contributed by atoms with Crippen molar-refractivity contribution in [1.82, 2.24) is 0 Å². The van der Waals surface area contributed by atoms with E-state index in [1.54, 1.807) is 0 Å². The summed E-state index contributed by atoms with van der Waals surface area (Å²) in [5.74, 6) is -0.342. The van der Waals surface area contributed by atoms with Gasteiger partial charge >= 0.3 is 0 Å². The van der Waals surface area contributed by atoms with Crippen molar-refractivity contribution in [1.29, 1.82) is 0 Å². The number of hydrogen-bond acceptors (Lipinski definition) is 3. The van der Waals surface area contributed by atoms with Crippen LogP contribution in [0.2, 0.25) is 0 Å². The summed E-state index contributed by atoms with van der Waals surface area (Å²) in [5, 5.41) is 0. The molecule has 3 atom stereocenters. The molecule has 0 aliphatic carbocycles. The quantitative estimate of drug-likeness (QED) is 0.594. The second-order valence-electron chi connectivity index (χ2n) is 3.77. The van der Waals surface area contributed by atoms with Gasteiger partial charge in [-0.05, 0) is 13.3 Å². The molecule has 2 heterocycles. The van der Waals surface area contributed by atoms with E-state index in [2.05, 4.69) is 6.92 Å². The smallest absolute Gasteiger partial charge is 0.173 e. The average Bonchev–Trinajstić information content (AvgIpc) is 2.20. The van der Waals surface area contributed by atoms with Gasteiger partial charge in [0.2, 0.25) is 0 Å². The molecule has 0 unspecified atom stereocenters. The second kappa shape index (κ2) is 2.54. The van der Waals surface area contributed by atoms with E-state index >= 15 is 0 Å². The van der Waals surface area contributed by atoms with Crippen LogP contribution in [-0.2, 0) is 14.3 Å². The highest BCUT2D eigenvalue weighted by Gasteiger charge is 2.49. The molecule has 3 nitrogen and oxygen atoms in total. The lowest BCUT2D eigenvalue weighted by molar-refractivity contribution is -0.183. The van der Waals surface area contributed by atoms with Crippen LogP contribution in [0.1, 0.15) is 33.1 Å². The fourth-order valence-corrected chi connectivity index (χ4v) is 2.08. The molecule has 12 heavy (non-hydrogen) atoms. The Morgan fingerprint density at radius 1 is 1.58 bits per heavy atom. The summed E-state index contributed by atoms with van der Waals surface area (Å²) >= 11 is 0. The number of fused-ring (bicyclic) bond motifs is 2. The lowest BCUT2D eigenvalue weighted by Crippen LogP contribution is -2.35. The maximum Gasteiger partial charge on any atom is 0.173 e. The van der Waals surface area contributed by atoms with Gasteiger partial charge in [0.15, 0.2) is 5.79 Å². The molecule has 2 aliphatic heterocycles. The minimum absolute atomic E-state index is 0.0150. The highest BCUT2D eigenvalue weighted by molar-refractivity contribution is 5.80. The zero-order valence-corrected chi connectivity index (χ0v) is 7.50. The molecule has 0 radical (unpaired) electrons. The highest BCUT2D eigenvalue weighted by Crippen LogP contribution is 2.38. The van der Waals surface area contributed by atoms with E-state index in [-0.39, 0.29) is 18.0 Å². The van der Waals surface area contributed by atoms with Crippen molar-refractivity contribution in [2.75, 3.05) is 0 Å². The number of carbonyl (C=O) groups excluding carboxylic acids is 1. The van der Waals surface area contributed by atoms with Crippen molar-refractivity contribution >= 4 is 5.78 Å². The molecule has 2 bridgehead atoms. The van der Waals surface area contributed by atoms with Gasteiger partial charge in [-0.15, -0.1) is 0 Å². The van der Waals surface area contributed by atoms with Gasteiger partial charge in [-0.25, -0.2) is 0 Å². The van der Waals surface area contributed by atoms with Gasteiger partial charge in [-0.3, -0.25) is 4.79 Å². The lowest BCUT2D eigenvalue weighted by Gasteiger charge is -2.26. The Hall–Kier alpha value is -0.410. The van der Waals surface area contributed by atoms with Crippen molar-refractivity contribution in [3.05, 3.63) is 0 Å². The fraction of sp³-hybridized carbons (Fsp3) is 0.889. The van der Waals surface area contributed by atoms with Gasteiger partial charge in [-0.2, -0.15) is 0 Å². The van der Waals surface area contributed by atoms with Crippen LogP contribution in [0, 0.1) is 0 Å². The molecule has 0 amide bonds. The standard InChI is InChI=1S/C9H14O3/c1-3-7-8-4-6(10)5-9(2,11-7)12-8/h7-8H,3-5H2,1-2H3/t7-,8-,9+/m0/s1. The number of rotatable bonds is 1. The molecule has 3 heteroatoms. The predicted molar refractivity (Wildman–Crippen MR) is 42.7 cm³/mol. The zero-order chi connectivity index (χ0) is 8.77. The summed E-state index contributed by atoms with van der Waals surface area (Å²) < 4.78 is 11.3. The van der Waals surface area contributed by atoms with E-state index in [1.807, 2.05) is 6.92 Å². The van der Waals surface area contributed by atoms with Gasteiger partial charge < -0.3 is 9.47 Å². The fourth-order valence-electron chi connectivity index (χ4n) is 2.08. The summed E-state index contributed by atoms with van der Waals surface area (Å²) in [7, 11) is 0. The van der Waals surface area contributed by atoms with Gasteiger partial charge in [0.25, 0.3) is 0 Å². The molecule has 0 aromatic rings. The molecule has 2 saturated heterocycles. The Balaban J connectivity index is 2.18. The SMILES string of the molecule is CC[C@@H]1O[C@@]2(C)CC(=O)C[C@@H]1O2. The molecular weight excluding hydrogens is 156 g/mol. The summed E-state index contributed by atoms with van der Waals surface area (Å²) in [6, 6.07) is 0. The van der Waals surface area contributed by atoms with Gasteiger partial charge in [0.05, 0.1) is 18.6 Å². The number of hydrogen-bond donors (Lipinski definition) is 0. The normalized spacial score (nSPS) is 46.7. The first-order chi connectivity index (χ1) is 5.63. The van der Waals surface area contributed by atoms with Crippen LogP contribution in [0.3, 0.4) is 0 Å². The Morgan fingerprint density at radius 2 is 2.33 bits per heavy atom. The molecular formula is C9H14O3. The average molecular weight is 170 g/mol. The van der Waals surface area contributed by atoms with Crippen molar-refractivity contribution in [3.8, 4) is 0 Å². The molecule has 0 aromatic carbocycles. The number of carbonyl (C=O) groups is 1. The van der Waals surface area contributed by atoms with E-state index in [9.17, 15) is 4.79 Å². The summed E-state index contributed by atoms with van der Waals surface area (Å²) in [4.78, 5) is 11.2. The third kappa shape index (κ3) is 1.17. The summed E-state index contributed by atoms with van der Waals surface area (Å²) in [6.45, 7) is 3.91. The molecule has 68 valence electrons. The maximum atomic E-state index is 11.2. The molecule has 2 rings (SSSR count). The third-order valence-electron chi connectivity index (χ3n) is 2.57. The van der Waals surface area contributed by atoms with Crippen LogP contribution in [0.4, 0.5) is 0 Å². The Bertz CT molecular complexity index is 214. The van der Waals surface area contributed by atoms with E-state index in [0.29, 0.717) is 12.8 Å². The van der Waals surface area contributed by atoms with E-state index < -0.39 is 5.79 Å². The van der Waals surface area contributed by atoms with Crippen LogP contribution < -0.4 is 0 Å². The van der Waals surface area contributed by atoms with Crippen LogP contribution >= 0.6 is 0 Å². The maximum absolute atomic E-state index is 11.2. The van der Waals surface area contributed by atoms with Crippen LogP contribution in [0.15, 0.2) is 0 Å². The van der Waals surface area contributed by atoms with Gasteiger partial charge in [-0.1, -0.05) is 6.92 Å². The number of Topliss-reactive ketones (excluding diaryl/α,β-unsaturated/α-hetero) is 1. The predicted octanol–water partition coefficient (Wildman–Crippen LogP) is 1.26. The monoisotopic (exact) mass is 170 g/mol. The Labute approximate surface area is 72.0 Å². The Kier molecular flexibility index (Phi) is 1.73. The van der Waals surface area contributed by atoms with E-state index in [4.69, 9.17) is 9.47 Å². The van der Waals surface area contributed by atoms with Crippen LogP contribution in [0.25, 0.3) is 0 Å². The second-order valence-corrected chi connectivity index (χ2v) is 3.77. The first kappa shape index (κ1) is 8.20. The van der Waals surface area contributed by atoms with Crippen molar-refractivity contribution < 1.29 is 14.3 Å². The Morgan fingerprint density at radius 3 is 3.00 bits per heavy atom. The lowest BCUT2D eigenvalue weighted by atomic mass is 10.0. The van der Waals surface area contributed by atoms with Crippen molar-refractivity contribution in [2.24, 2.45) is 0 Å². The minimum Gasteiger partial charge on any atom is -0.344 e. The van der Waals surface area contributed by atoms with E-state index in [0.717, 1.165) is 6.42 Å². The third-order valence-corrected chi connectivity index (χ3v) is 2.57. The molecule has 0 N–H and O–H groups in total. The first-order valence-electron chi connectivity index (χ1n) is 4.50. The molecule has 0 saturated carbocycles. The molecule has 0 aromatic heterocycles. The van der Waals surface area contributed by atoms with Crippen LogP contribution in [-0.4, -0.2) is 23.8 Å². The minimum atomic E-state index is -0.610. The zero-order valence-electron chi connectivity index (χ0n) is 7.50.